The highest BCUT2D eigenvalue weighted by molar-refractivity contribution is 5.75. The second kappa shape index (κ2) is 4.72. The monoisotopic (exact) mass is 209 g/mol. The summed E-state index contributed by atoms with van der Waals surface area (Å²) in [6.07, 6.45) is 4.65. The molecule has 1 aromatic heterocycles. The Morgan fingerprint density at radius 1 is 1.40 bits per heavy atom. The van der Waals surface area contributed by atoms with Gasteiger partial charge in [-0.05, 0) is 20.8 Å². The summed E-state index contributed by atoms with van der Waals surface area (Å²) in [5.74, 6) is -0.244. The van der Waals surface area contributed by atoms with Crippen molar-refractivity contribution < 1.29 is 9.53 Å². The number of carbonyl (C=O) groups excluding carboxylic acids is 1. The lowest BCUT2D eigenvalue weighted by atomic mass is 9.98. The lowest BCUT2D eigenvalue weighted by Crippen LogP contribution is -2.25. The molecule has 5 nitrogen and oxygen atoms in total. The third-order valence-corrected chi connectivity index (χ3v) is 1.65. The SMILES string of the molecule is CC(C)(C)C(=O)OCNc1cncnc1. The molecule has 0 aliphatic rings. The van der Waals surface area contributed by atoms with Crippen LogP contribution in [0.1, 0.15) is 20.8 Å². The number of aromatic nitrogens is 2. The molecular formula is C10H15N3O2. The van der Waals surface area contributed by atoms with Crippen molar-refractivity contribution in [3.8, 4) is 0 Å². The van der Waals surface area contributed by atoms with Gasteiger partial charge < -0.3 is 10.1 Å². The van der Waals surface area contributed by atoms with Gasteiger partial charge in [0.15, 0.2) is 6.73 Å². The van der Waals surface area contributed by atoms with Gasteiger partial charge in [0.1, 0.15) is 6.33 Å². The van der Waals surface area contributed by atoms with E-state index in [0.29, 0.717) is 0 Å². The summed E-state index contributed by atoms with van der Waals surface area (Å²) in [5.41, 5.74) is 0.244. The van der Waals surface area contributed by atoms with Gasteiger partial charge in [-0.25, -0.2) is 9.97 Å². The maximum Gasteiger partial charge on any atom is 0.312 e. The highest BCUT2D eigenvalue weighted by atomic mass is 16.5. The molecule has 5 heteroatoms. The van der Waals surface area contributed by atoms with Crippen molar-refractivity contribution in [2.24, 2.45) is 5.41 Å². The van der Waals surface area contributed by atoms with Crippen LogP contribution in [0, 0.1) is 5.41 Å². The van der Waals surface area contributed by atoms with E-state index in [1.54, 1.807) is 33.2 Å². The van der Waals surface area contributed by atoms with E-state index in [1.165, 1.54) is 6.33 Å². The van der Waals surface area contributed by atoms with Crippen LogP contribution >= 0.6 is 0 Å². The van der Waals surface area contributed by atoms with Crippen LogP contribution in [0.5, 0.6) is 0 Å². The normalized spacial score (nSPS) is 10.9. The Hall–Kier alpha value is -1.65. The van der Waals surface area contributed by atoms with Gasteiger partial charge in [-0.1, -0.05) is 0 Å². The van der Waals surface area contributed by atoms with E-state index >= 15 is 0 Å². The molecule has 0 saturated carbocycles. The summed E-state index contributed by atoms with van der Waals surface area (Å²) in [5, 5.41) is 2.88. The Morgan fingerprint density at radius 3 is 2.53 bits per heavy atom. The standard InChI is InChI=1S/C10H15N3O2/c1-10(2,3)9(14)15-7-13-8-4-11-6-12-5-8/h4-6,13H,7H2,1-3H3. The van der Waals surface area contributed by atoms with Gasteiger partial charge in [0.05, 0.1) is 23.5 Å². The molecule has 0 bridgehead atoms. The molecule has 0 unspecified atom stereocenters. The molecule has 15 heavy (non-hydrogen) atoms. The van der Waals surface area contributed by atoms with E-state index < -0.39 is 5.41 Å². The van der Waals surface area contributed by atoms with Crippen LogP contribution in [0.4, 0.5) is 5.69 Å². The van der Waals surface area contributed by atoms with E-state index in [4.69, 9.17) is 4.74 Å². The quantitative estimate of drug-likeness (QED) is 0.602. The highest BCUT2D eigenvalue weighted by Crippen LogP contribution is 2.14. The molecule has 1 rings (SSSR count). The van der Waals surface area contributed by atoms with Crippen LogP contribution in [0.15, 0.2) is 18.7 Å². The second-order valence-electron chi connectivity index (χ2n) is 4.13. The molecule has 82 valence electrons. The van der Waals surface area contributed by atoms with Crippen molar-refractivity contribution in [3.63, 3.8) is 0 Å². The molecule has 0 amide bonds. The predicted octanol–water partition coefficient (Wildman–Crippen LogP) is 1.44. The van der Waals surface area contributed by atoms with Gasteiger partial charge >= 0.3 is 5.97 Å². The number of anilines is 1. The van der Waals surface area contributed by atoms with Crippen molar-refractivity contribution in [2.45, 2.75) is 20.8 Å². The number of hydrogen-bond acceptors (Lipinski definition) is 5. The zero-order valence-corrected chi connectivity index (χ0v) is 9.15. The Morgan fingerprint density at radius 2 is 2.00 bits per heavy atom. The smallest absolute Gasteiger partial charge is 0.312 e. The zero-order chi connectivity index (χ0) is 11.3. The fourth-order valence-corrected chi connectivity index (χ4v) is 0.792. The number of rotatable bonds is 3. The van der Waals surface area contributed by atoms with Crippen molar-refractivity contribution in [1.82, 2.24) is 9.97 Å². The van der Waals surface area contributed by atoms with E-state index in [-0.39, 0.29) is 12.7 Å². The molecule has 0 fully saturated rings. The second-order valence-corrected chi connectivity index (χ2v) is 4.13. The number of nitrogens with one attached hydrogen (secondary N) is 1. The minimum absolute atomic E-state index is 0.128. The lowest BCUT2D eigenvalue weighted by molar-refractivity contribution is -0.152. The number of esters is 1. The minimum atomic E-state index is -0.477. The first-order chi connectivity index (χ1) is 7.00. The van der Waals surface area contributed by atoms with Crippen molar-refractivity contribution in [1.29, 1.82) is 0 Å². The zero-order valence-electron chi connectivity index (χ0n) is 9.15. The van der Waals surface area contributed by atoms with E-state index in [2.05, 4.69) is 15.3 Å². The van der Waals surface area contributed by atoms with E-state index in [9.17, 15) is 4.79 Å². The number of carbonyl (C=O) groups is 1. The Labute approximate surface area is 88.9 Å². The molecule has 0 saturated heterocycles. The summed E-state index contributed by atoms with van der Waals surface area (Å²) < 4.78 is 5.00. The summed E-state index contributed by atoms with van der Waals surface area (Å²) in [6, 6.07) is 0. The van der Waals surface area contributed by atoms with Crippen LogP contribution in [-0.2, 0) is 9.53 Å². The summed E-state index contributed by atoms with van der Waals surface area (Å²) in [6.45, 7) is 5.55. The topological polar surface area (TPSA) is 64.1 Å². The fourth-order valence-electron chi connectivity index (χ4n) is 0.792. The van der Waals surface area contributed by atoms with Gasteiger partial charge in [-0.15, -0.1) is 0 Å². The number of ether oxygens (including phenoxy) is 1. The average molecular weight is 209 g/mol. The molecular weight excluding hydrogens is 194 g/mol. The van der Waals surface area contributed by atoms with Gasteiger partial charge in [0, 0.05) is 0 Å². The molecule has 0 aromatic carbocycles. The van der Waals surface area contributed by atoms with E-state index in [1.807, 2.05) is 0 Å². The highest BCUT2D eigenvalue weighted by Gasteiger charge is 2.22. The molecule has 0 aliphatic carbocycles. The van der Waals surface area contributed by atoms with Gasteiger partial charge in [-0.2, -0.15) is 0 Å². The Balaban J connectivity index is 2.32. The number of nitrogens with zero attached hydrogens (tertiary/aromatic N) is 2. The first kappa shape index (κ1) is 11.4. The Bertz CT molecular complexity index is 319. The van der Waals surface area contributed by atoms with Gasteiger partial charge in [-0.3, -0.25) is 4.79 Å². The van der Waals surface area contributed by atoms with Crippen LogP contribution in [0.3, 0.4) is 0 Å². The Kier molecular flexibility index (Phi) is 3.60. The van der Waals surface area contributed by atoms with Crippen LogP contribution in [0.25, 0.3) is 0 Å². The first-order valence-electron chi connectivity index (χ1n) is 4.66. The molecule has 0 radical (unpaired) electrons. The van der Waals surface area contributed by atoms with E-state index in [0.717, 1.165) is 5.69 Å². The maximum absolute atomic E-state index is 11.4. The molecule has 0 atom stereocenters. The van der Waals surface area contributed by atoms with Crippen LogP contribution in [0.2, 0.25) is 0 Å². The maximum atomic E-state index is 11.4. The van der Waals surface area contributed by atoms with Crippen molar-refractivity contribution in [3.05, 3.63) is 18.7 Å². The van der Waals surface area contributed by atoms with Crippen LogP contribution in [-0.4, -0.2) is 22.7 Å². The summed E-state index contributed by atoms with van der Waals surface area (Å²) >= 11 is 0. The first-order valence-corrected chi connectivity index (χ1v) is 4.66. The molecule has 0 aliphatic heterocycles. The fraction of sp³-hybridized carbons (Fsp3) is 0.500. The molecule has 1 heterocycles. The summed E-state index contributed by atoms with van der Waals surface area (Å²) in [7, 11) is 0. The third-order valence-electron chi connectivity index (χ3n) is 1.65. The number of hydrogen-bond donors (Lipinski definition) is 1. The summed E-state index contributed by atoms with van der Waals surface area (Å²) in [4.78, 5) is 19.0. The molecule has 1 N–H and O–H groups in total. The largest absolute Gasteiger partial charge is 0.444 e. The van der Waals surface area contributed by atoms with Crippen LogP contribution < -0.4 is 5.32 Å². The minimum Gasteiger partial charge on any atom is -0.444 e. The van der Waals surface area contributed by atoms with Crippen molar-refractivity contribution >= 4 is 11.7 Å². The van der Waals surface area contributed by atoms with Gasteiger partial charge in [0.2, 0.25) is 0 Å². The predicted molar refractivity (Wildman–Crippen MR) is 56.1 cm³/mol. The van der Waals surface area contributed by atoms with Gasteiger partial charge in [0.25, 0.3) is 0 Å². The lowest BCUT2D eigenvalue weighted by Gasteiger charge is -2.16. The average Bonchev–Trinajstić information content (AvgIpc) is 2.18. The molecule has 0 spiro atoms. The molecule has 1 aromatic rings. The van der Waals surface area contributed by atoms with Crippen molar-refractivity contribution in [2.75, 3.05) is 12.0 Å². The third kappa shape index (κ3) is 3.93.